The molecule has 0 atom stereocenters. The Labute approximate surface area is 242 Å². The first-order valence-electron chi connectivity index (χ1n) is 13.2. The lowest BCUT2D eigenvalue weighted by molar-refractivity contribution is -0.587. The van der Waals surface area contributed by atoms with Crippen molar-refractivity contribution in [1.82, 2.24) is 43.6 Å². The van der Waals surface area contributed by atoms with Crippen LogP contribution in [-0.2, 0) is 27.2 Å². The molecule has 0 aromatic heterocycles. The number of nitrogens with zero attached hydrogens (tertiary/aromatic N) is 10. The van der Waals surface area contributed by atoms with Crippen LogP contribution in [0.5, 0.6) is 0 Å². The summed E-state index contributed by atoms with van der Waals surface area (Å²) in [6.45, 7) is 4.51. The lowest BCUT2D eigenvalue weighted by Gasteiger charge is -2.15. The molecule has 0 bridgehead atoms. The molecule has 218 valence electrons. The van der Waals surface area contributed by atoms with Crippen LogP contribution < -0.4 is 27.2 Å². The van der Waals surface area contributed by atoms with E-state index in [9.17, 15) is 24.4 Å². The predicted molar refractivity (Wildman–Crippen MR) is 155 cm³/mol. The largest absolute Gasteiger partial charge is 0.710 e. The van der Waals surface area contributed by atoms with E-state index in [1.807, 2.05) is 43.3 Å². The first kappa shape index (κ1) is 28.7. The predicted octanol–water partition coefficient (Wildman–Crippen LogP) is 0.286. The van der Waals surface area contributed by atoms with Gasteiger partial charge in [-0.1, -0.05) is 48.5 Å². The summed E-state index contributed by atoms with van der Waals surface area (Å²) >= 11 is 0. The molecule has 2 aromatic carbocycles. The Morgan fingerprint density at radius 2 is 1.19 bits per heavy atom. The summed E-state index contributed by atoms with van der Waals surface area (Å²) in [4.78, 5) is 59.8. The molecule has 4 aliphatic rings. The first-order chi connectivity index (χ1) is 20.7. The molecule has 0 fully saturated rings. The van der Waals surface area contributed by atoms with E-state index in [1.54, 1.807) is 31.2 Å². The maximum atomic E-state index is 12.6. The molecule has 43 heavy (non-hydrogen) atoms. The van der Waals surface area contributed by atoms with Crippen LogP contribution in [0.1, 0.15) is 13.8 Å². The van der Waals surface area contributed by atoms with Crippen molar-refractivity contribution in [2.24, 2.45) is 14.1 Å². The Kier molecular flexibility index (Phi) is 7.70. The highest BCUT2D eigenvalue weighted by atomic mass is 16.5. The van der Waals surface area contributed by atoms with E-state index in [-0.39, 0.29) is 28.9 Å². The van der Waals surface area contributed by atoms with Gasteiger partial charge in [0, 0.05) is 26.2 Å². The van der Waals surface area contributed by atoms with Gasteiger partial charge < -0.3 is 5.21 Å². The van der Waals surface area contributed by atoms with E-state index in [0.29, 0.717) is 29.2 Å². The van der Waals surface area contributed by atoms with Crippen molar-refractivity contribution < 1.29 is 4.73 Å². The zero-order valence-corrected chi connectivity index (χ0v) is 23.7. The number of hydrogen-bond acceptors (Lipinski definition) is 10. The second-order valence-electron chi connectivity index (χ2n) is 9.28. The maximum Gasteiger partial charge on any atom is 0.359 e. The van der Waals surface area contributed by atoms with Gasteiger partial charge in [0.15, 0.2) is 17.3 Å². The molecule has 4 aliphatic heterocycles. The molecule has 0 spiro atoms. The van der Waals surface area contributed by atoms with Gasteiger partial charge in [0.05, 0.1) is 17.2 Å². The summed E-state index contributed by atoms with van der Waals surface area (Å²) in [7, 11) is 2.67. The van der Waals surface area contributed by atoms with E-state index >= 15 is 0 Å². The highest BCUT2D eigenvalue weighted by molar-refractivity contribution is 5.59. The average molecular weight is 583 g/mol. The molecule has 2 aromatic rings. The van der Waals surface area contributed by atoms with Crippen molar-refractivity contribution in [2.45, 2.75) is 26.9 Å². The average Bonchev–Trinajstić information content (AvgIpc) is 3.03. The lowest BCUT2D eigenvalue weighted by atomic mass is 10.2. The highest BCUT2D eigenvalue weighted by Gasteiger charge is 2.28. The molecule has 0 radical (unpaired) electrons. The standard InChI is InChI=1S/C14H13N5O3.C14H13N5O2/c1-3-18-12-10(13(20)17(2)14(21)15-12)19(22)11(16-18)9-7-5-4-6-8-9;1-3-19-12-10(13(20)18(2)14(21)16-12)15-11(17-19)9-7-5-4-6-8-9/h4-8H,3H2,1-2H3;4-8H,3H2,1-2H3. The van der Waals surface area contributed by atoms with Gasteiger partial charge in [0.2, 0.25) is 11.5 Å². The van der Waals surface area contributed by atoms with Gasteiger partial charge in [-0.15, -0.1) is 0 Å². The van der Waals surface area contributed by atoms with Crippen LogP contribution >= 0.6 is 0 Å². The number of rotatable bonds is 4. The molecule has 15 nitrogen and oxygen atoms in total. The SMILES string of the molecule is CCn1nc(-c2ccccc2)[n+]([O-])c2c(=O)n(C)c(=O)nc1-2.CCn1nc(-c2ccccc2)nc2c(=O)n(C)c(=O)nc1-2. The molecule has 15 heteroatoms. The maximum absolute atomic E-state index is 12.6. The third-order valence-electron chi connectivity index (χ3n) is 6.61. The van der Waals surface area contributed by atoms with Crippen molar-refractivity contribution in [2.75, 3.05) is 0 Å². The Morgan fingerprint density at radius 1 is 0.674 bits per heavy atom. The van der Waals surface area contributed by atoms with E-state index < -0.39 is 22.5 Å². The molecular weight excluding hydrogens is 556 g/mol. The topological polar surface area (TPSA) is 179 Å². The highest BCUT2D eigenvalue weighted by Crippen LogP contribution is 2.18. The smallest absolute Gasteiger partial charge is 0.359 e. The van der Waals surface area contributed by atoms with Gasteiger partial charge >= 0.3 is 22.8 Å². The summed E-state index contributed by atoms with van der Waals surface area (Å²) in [5, 5.41) is 21.1. The lowest BCUT2D eigenvalue weighted by Crippen LogP contribution is -2.47. The van der Waals surface area contributed by atoms with Crippen LogP contribution in [0.3, 0.4) is 0 Å². The monoisotopic (exact) mass is 582 g/mol. The van der Waals surface area contributed by atoms with Crippen LogP contribution in [0.25, 0.3) is 45.8 Å². The summed E-state index contributed by atoms with van der Waals surface area (Å²) < 4.78 is 5.10. The minimum Gasteiger partial charge on any atom is -0.710 e. The molecule has 6 rings (SSSR count). The van der Waals surface area contributed by atoms with Crippen molar-refractivity contribution in [3.8, 4) is 45.8 Å². The molecule has 0 saturated heterocycles. The molecule has 0 unspecified atom stereocenters. The summed E-state index contributed by atoms with van der Waals surface area (Å²) in [6, 6.07) is 18.2. The van der Waals surface area contributed by atoms with E-state index in [4.69, 9.17) is 0 Å². The molecule has 0 N–H and O–H groups in total. The summed E-state index contributed by atoms with van der Waals surface area (Å²) in [6.07, 6.45) is 0. The van der Waals surface area contributed by atoms with Gasteiger partial charge in [-0.25, -0.2) is 24.0 Å². The van der Waals surface area contributed by atoms with Crippen molar-refractivity contribution in [3.05, 3.63) is 108 Å². The van der Waals surface area contributed by atoms with Crippen molar-refractivity contribution in [3.63, 3.8) is 0 Å². The number of aromatic nitrogens is 10. The number of fused-ring (bicyclic) bond motifs is 2. The van der Waals surface area contributed by atoms with Crippen LogP contribution in [0, 0.1) is 5.21 Å². The molecule has 0 saturated carbocycles. The van der Waals surface area contributed by atoms with E-state index in [0.717, 1.165) is 14.7 Å². The zero-order valence-electron chi connectivity index (χ0n) is 23.7. The minimum absolute atomic E-state index is 0.00900. The molecule has 0 aliphatic carbocycles. The van der Waals surface area contributed by atoms with Crippen molar-refractivity contribution in [1.29, 1.82) is 0 Å². The summed E-state index contributed by atoms with van der Waals surface area (Å²) in [5.74, 6) is 0.727. The zero-order chi connectivity index (χ0) is 30.8. The van der Waals surface area contributed by atoms with Crippen LogP contribution in [0.4, 0.5) is 0 Å². The Balaban J connectivity index is 0.000000171. The second-order valence-corrected chi connectivity index (χ2v) is 9.28. The van der Waals surface area contributed by atoms with Gasteiger partial charge in [0.1, 0.15) is 0 Å². The van der Waals surface area contributed by atoms with Crippen LogP contribution in [0.2, 0.25) is 0 Å². The van der Waals surface area contributed by atoms with Gasteiger partial charge in [0.25, 0.3) is 5.56 Å². The fourth-order valence-electron chi connectivity index (χ4n) is 4.27. The third kappa shape index (κ3) is 5.18. The Morgan fingerprint density at radius 3 is 1.77 bits per heavy atom. The number of benzene rings is 2. The Bertz CT molecular complexity index is 2120. The quantitative estimate of drug-likeness (QED) is 0.207. The Hall–Kier alpha value is -5.86. The second kappa shape index (κ2) is 11.6. The molecule has 0 amide bonds. The number of hydrogen-bond donors (Lipinski definition) is 0. The van der Waals surface area contributed by atoms with Crippen LogP contribution in [0.15, 0.2) is 79.8 Å². The number of aryl methyl sites for hydroxylation is 2. The minimum atomic E-state index is -0.714. The first-order valence-corrected chi connectivity index (χ1v) is 13.2. The fourth-order valence-corrected chi connectivity index (χ4v) is 4.27. The van der Waals surface area contributed by atoms with Gasteiger partial charge in [-0.3, -0.25) is 18.7 Å². The molecular formula is C28H26N10O5. The summed E-state index contributed by atoms with van der Waals surface area (Å²) in [5.41, 5.74) is -1.14. The van der Waals surface area contributed by atoms with Crippen LogP contribution in [-0.4, -0.2) is 43.6 Å². The fraction of sp³-hybridized carbons (Fsp3) is 0.214. The van der Waals surface area contributed by atoms with E-state index in [2.05, 4.69) is 25.1 Å². The van der Waals surface area contributed by atoms with E-state index in [1.165, 1.54) is 23.5 Å². The van der Waals surface area contributed by atoms with Crippen molar-refractivity contribution >= 4 is 0 Å². The molecule has 4 heterocycles. The third-order valence-corrected chi connectivity index (χ3v) is 6.61. The normalized spacial score (nSPS) is 11.0. The van der Waals surface area contributed by atoms with Gasteiger partial charge in [-0.2, -0.15) is 19.7 Å². The van der Waals surface area contributed by atoms with Gasteiger partial charge in [-0.05, 0) is 26.0 Å².